The van der Waals surface area contributed by atoms with Gasteiger partial charge in [0.05, 0.1) is 0 Å². The van der Waals surface area contributed by atoms with Gasteiger partial charge in [0.15, 0.2) is 0 Å². The van der Waals surface area contributed by atoms with Crippen LogP contribution in [0.5, 0.6) is 0 Å². The molecule has 0 aromatic rings. The molecule has 1 saturated carbocycles. The Balaban J connectivity index is 2.02. The molecule has 0 bridgehead atoms. The first-order chi connectivity index (χ1) is 6.22. The van der Waals surface area contributed by atoms with E-state index in [1.807, 2.05) is 11.8 Å². The highest BCUT2D eigenvalue weighted by atomic mass is 32.2. The van der Waals surface area contributed by atoms with Crippen molar-refractivity contribution in [2.24, 2.45) is 11.8 Å². The average Bonchev–Trinajstić information content (AvgIpc) is 2.88. The quantitative estimate of drug-likeness (QED) is 0.491. The second-order valence-electron chi connectivity index (χ2n) is 4.27. The van der Waals surface area contributed by atoms with Gasteiger partial charge in [-0.1, -0.05) is 26.7 Å². The summed E-state index contributed by atoms with van der Waals surface area (Å²) >= 11 is 1.99. The molecule has 2 nitrogen and oxygen atoms in total. The Morgan fingerprint density at radius 1 is 1.46 bits per heavy atom. The van der Waals surface area contributed by atoms with E-state index in [2.05, 4.69) is 19.3 Å². The largest absolute Gasteiger partial charge is 0.271 e. The maximum atomic E-state index is 5.50. The van der Waals surface area contributed by atoms with Gasteiger partial charge in [-0.05, 0) is 24.0 Å². The van der Waals surface area contributed by atoms with Crippen molar-refractivity contribution in [1.29, 1.82) is 0 Å². The van der Waals surface area contributed by atoms with Gasteiger partial charge in [-0.15, -0.1) is 0 Å². The Labute approximate surface area is 86.0 Å². The Kier molecular flexibility index (Phi) is 5.14. The molecule has 1 unspecified atom stereocenters. The van der Waals surface area contributed by atoms with Crippen molar-refractivity contribution in [3.05, 3.63) is 0 Å². The van der Waals surface area contributed by atoms with Gasteiger partial charge in [-0.3, -0.25) is 11.3 Å². The predicted molar refractivity (Wildman–Crippen MR) is 60.7 cm³/mol. The normalized spacial score (nSPS) is 19.4. The topological polar surface area (TPSA) is 38.0 Å². The Morgan fingerprint density at radius 2 is 2.15 bits per heavy atom. The lowest BCUT2D eigenvalue weighted by Gasteiger charge is -2.16. The van der Waals surface area contributed by atoms with Gasteiger partial charge in [0, 0.05) is 11.8 Å². The van der Waals surface area contributed by atoms with Crippen LogP contribution < -0.4 is 11.3 Å². The summed E-state index contributed by atoms with van der Waals surface area (Å²) in [4.78, 5) is 0. The van der Waals surface area contributed by atoms with E-state index in [0.717, 1.165) is 16.9 Å². The molecule has 0 aliphatic heterocycles. The van der Waals surface area contributed by atoms with Crippen molar-refractivity contribution in [1.82, 2.24) is 5.43 Å². The highest BCUT2D eigenvalue weighted by Gasteiger charge is 2.22. The molecular formula is C10H22N2S. The highest BCUT2D eigenvalue weighted by Crippen LogP contribution is 2.34. The second kappa shape index (κ2) is 5.89. The second-order valence-corrected chi connectivity index (χ2v) is 5.88. The number of rotatable bonds is 7. The minimum Gasteiger partial charge on any atom is -0.271 e. The van der Waals surface area contributed by atoms with Crippen LogP contribution in [0.3, 0.4) is 0 Å². The molecule has 1 aliphatic rings. The third kappa shape index (κ3) is 5.55. The lowest BCUT2D eigenvalue weighted by atomic mass is 10.1. The van der Waals surface area contributed by atoms with E-state index in [0.29, 0.717) is 6.04 Å². The average molecular weight is 202 g/mol. The molecule has 0 aromatic carbocycles. The fourth-order valence-corrected chi connectivity index (χ4v) is 2.25. The lowest BCUT2D eigenvalue weighted by Crippen LogP contribution is -2.37. The molecule has 13 heavy (non-hydrogen) atoms. The van der Waals surface area contributed by atoms with Crippen LogP contribution in [0, 0.1) is 5.92 Å². The SMILES string of the molecule is CC(C)SCC(CCC1CC1)NN. The number of hydrogen-bond acceptors (Lipinski definition) is 3. The highest BCUT2D eigenvalue weighted by molar-refractivity contribution is 7.99. The van der Waals surface area contributed by atoms with E-state index >= 15 is 0 Å². The molecule has 3 N–H and O–H groups in total. The third-order valence-corrected chi connectivity index (χ3v) is 3.75. The van der Waals surface area contributed by atoms with Crippen molar-refractivity contribution in [3.63, 3.8) is 0 Å². The molecule has 1 rings (SSSR count). The zero-order valence-electron chi connectivity index (χ0n) is 8.75. The number of nitrogens with two attached hydrogens (primary N) is 1. The summed E-state index contributed by atoms with van der Waals surface area (Å²) in [7, 11) is 0. The summed E-state index contributed by atoms with van der Waals surface area (Å²) in [6.45, 7) is 4.47. The molecule has 1 aliphatic carbocycles. The molecule has 3 heteroatoms. The Morgan fingerprint density at radius 3 is 2.62 bits per heavy atom. The first-order valence-electron chi connectivity index (χ1n) is 5.30. The van der Waals surface area contributed by atoms with Crippen molar-refractivity contribution in [2.75, 3.05) is 5.75 Å². The zero-order valence-corrected chi connectivity index (χ0v) is 9.57. The first kappa shape index (κ1) is 11.3. The van der Waals surface area contributed by atoms with Gasteiger partial charge < -0.3 is 0 Å². The van der Waals surface area contributed by atoms with Crippen LogP contribution in [0.1, 0.15) is 39.5 Å². The smallest absolute Gasteiger partial charge is 0.0301 e. The maximum Gasteiger partial charge on any atom is 0.0301 e. The van der Waals surface area contributed by atoms with Crippen molar-refractivity contribution in [2.45, 2.75) is 50.8 Å². The van der Waals surface area contributed by atoms with Gasteiger partial charge in [0.2, 0.25) is 0 Å². The monoisotopic (exact) mass is 202 g/mol. The summed E-state index contributed by atoms with van der Waals surface area (Å²) in [5.74, 6) is 7.68. The summed E-state index contributed by atoms with van der Waals surface area (Å²) in [6, 6.07) is 0.521. The summed E-state index contributed by atoms with van der Waals surface area (Å²) in [6.07, 6.45) is 5.53. The van der Waals surface area contributed by atoms with Crippen LogP contribution >= 0.6 is 11.8 Å². The summed E-state index contributed by atoms with van der Waals surface area (Å²) < 4.78 is 0. The number of hydrogen-bond donors (Lipinski definition) is 2. The number of hydrazine groups is 1. The molecule has 0 radical (unpaired) electrons. The van der Waals surface area contributed by atoms with E-state index in [-0.39, 0.29) is 0 Å². The minimum atomic E-state index is 0.521. The van der Waals surface area contributed by atoms with Crippen molar-refractivity contribution in [3.8, 4) is 0 Å². The van der Waals surface area contributed by atoms with Gasteiger partial charge >= 0.3 is 0 Å². The van der Waals surface area contributed by atoms with E-state index in [1.165, 1.54) is 25.7 Å². The van der Waals surface area contributed by atoms with Crippen LogP contribution in [-0.4, -0.2) is 17.0 Å². The summed E-state index contributed by atoms with van der Waals surface area (Å²) in [5.41, 5.74) is 2.92. The van der Waals surface area contributed by atoms with Gasteiger partial charge in [-0.25, -0.2) is 0 Å². The van der Waals surface area contributed by atoms with Crippen molar-refractivity contribution < 1.29 is 0 Å². The number of nitrogens with one attached hydrogen (secondary N) is 1. The maximum absolute atomic E-state index is 5.50. The van der Waals surface area contributed by atoms with Crippen LogP contribution in [-0.2, 0) is 0 Å². The Bertz CT molecular complexity index is 129. The number of thioether (sulfide) groups is 1. The van der Waals surface area contributed by atoms with Gasteiger partial charge in [0.25, 0.3) is 0 Å². The van der Waals surface area contributed by atoms with Crippen LogP contribution in [0.4, 0.5) is 0 Å². The molecule has 0 aromatic heterocycles. The van der Waals surface area contributed by atoms with Gasteiger partial charge in [-0.2, -0.15) is 11.8 Å². The van der Waals surface area contributed by atoms with E-state index in [9.17, 15) is 0 Å². The predicted octanol–water partition coefficient (Wildman–Crippen LogP) is 2.15. The Hall–Kier alpha value is 0.270. The van der Waals surface area contributed by atoms with Gasteiger partial charge in [0.1, 0.15) is 0 Å². The van der Waals surface area contributed by atoms with Crippen LogP contribution in [0.25, 0.3) is 0 Å². The first-order valence-corrected chi connectivity index (χ1v) is 6.35. The molecule has 0 amide bonds. The molecule has 0 heterocycles. The third-order valence-electron chi connectivity index (χ3n) is 2.49. The summed E-state index contributed by atoms with van der Waals surface area (Å²) in [5, 5.41) is 0.719. The molecule has 1 atom stereocenters. The lowest BCUT2D eigenvalue weighted by molar-refractivity contribution is 0.501. The van der Waals surface area contributed by atoms with E-state index in [4.69, 9.17) is 5.84 Å². The molecular weight excluding hydrogens is 180 g/mol. The molecule has 1 fully saturated rings. The fraction of sp³-hybridized carbons (Fsp3) is 1.00. The van der Waals surface area contributed by atoms with E-state index in [1.54, 1.807) is 0 Å². The fourth-order valence-electron chi connectivity index (χ4n) is 1.37. The standard InChI is InChI=1S/C10H22N2S/c1-8(2)13-7-10(12-11)6-5-9-3-4-9/h8-10,12H,3-7,11H2,1-2H3. The molecule has 0 spiro atoms. The van der Waals surface area contributed by atoms with E-state index < -0.39 is 0 Å². The van der Waals surface area contributed by atoms with Crippen LogP contribution in [0.2, 0.25) is 0 Å². The molecule has 78 valence electrons. The zero-order chi connectivity index (χ0) is 9.68. The minimum absolute atomic E-state index is 0.521. The van der Waals surface area contributed by atoms with Crippen molar-refractivity contribution >= 4 is 11.8 Å². The molecule has 0 saturated heterocycles. The van der Waals surface area contributed by atoms with Crippen LogP contribution in [0.15, 0.2) is 0 Å².